The first-order valence-corrected chi connectivity index (χ1v) is 9.53. The number of rotatable bonds is 6. The molecular formula is C24H22N4O2. The number of hydrazone groups is 1. The number of hydrogen-bond donors (Lipinski definition) is 1. The number of aromatic nitrogens is 2. The molecule has 150 valence electrons. The Bertz CT molecular complexity index is 1210. The molecule has 1 N–H and O–H groups in total. The highest BCUT2D eigenvalue weighted by molar-refractivity contribution is 5.93. The maximum absolute atomic E-state index is 5.41. The van der Waals surface area contributed by atoms with Crippen LogP contribution in [0.25, 0.3) is 22.2 Å². The van der Waals surface area contributed by atoms with Crippen LogP contribution in [0.1, 0.15) is 11.1 Å². The van der Waals surface area contributed by atoms with E-state index in [4.69, 9.17) is 14.5 Å². The van der Waals surface area contributed by atoms with Gasteiger partial charge in [-0.15, -0.1) is 0 Å². The van der Waals surface area contributed by atoms with E-state index < -0.39 is 0 Å². The molecule has 6 nitrogen and oxygen atoms in total. The minimum atomic E-state index is 0.425. The number of aryl methyl sites for hydroxylation is 1. The van der Waals surface area contributed by atoms with E-state index in [0.717, 1.165) is 39.0 Å². The average Bonchev–Trinajstić information content (AvgIpc) is 2.79. The molecule has 0 fully saturated rings. The van der Waals surface area contributed by atoms with Gasteiger partial charge in [-0.3, -0.25) is 0 Å². The lowest BCUT2D eigenvalue weighted by Crippen LogP contribution is -2.00. The van der Waals surface area contributed by atoms with Gasteiger partial charge in [0.1, 0.15) is 11.5 Å². The molecule has 0 unspecified atom stereocenters. The van der Waals surface area contributed by atoms with Crippen molar-refractivity contribution in [2.75, 3.05) is 19.6 Å². The van der Waals surface area contributed by atoms with Crippen LogP contribution in [-0.2, 0) is 0 Å². The highest BCUT2D eigenvalue weighted by atomic mass is 16.5. The lowest BCUT2D eigenvalue weighted by atomic mass is 10.0. The highest BCUT2D eigenvalue weighted by Crippen LogP contribution is 2.28. The van der Waals surface area contributed by atoms with Crippen molar-refractivity contribution in [3.63, 3.8) is 0 Å². The molecule has 0 atom stereocenters. The summed E-state index contributed by atoms with van der Waals surface area (Å²) < 4.78 is 10.6. The van der Waals surface area contributed by atoms with Gasteiger partial charge >= 0.3 is 0 Å². The van der Waals surface area contributed by atoms with E-state index in [0.29, 0.717) is 11.7 Å². The molecule has 3 aromatic carbocycles. The van der Waals surface area contributed by atoms with Crippen molar-refractivity contribution in [1.29, 1.82) is 0 Å². The molecule has 0 aliphatic carbocycles. The summed E-state index contributed by atoms with van der Waals surface area (Å²) in [5.41, 5.74) is 7.67. The van der Waals surface area contributed by atoms with Crippen LogP contribution >= 0.6 is 0 Å². The number of nitrogens with zero attached hydrogens (tertiary/aromatic N) is 3. The molecule has 0 saturated heterocycles. The van der Waals surface area contributed by atoms with Gasteiger partial charge < -0.3 is 9.47 Å². The number of fused-ring (bicyclic) bond motifs is 1. The second kappa shape index (κ2) is 8.61. The Kier molecular flexibility index (Phi) is 5.57. The van der Waals surface area contributed by atoms with Crippen molar-refractivity contribution in [3.05, 3.63) is 77.9 Å². The van der Waals surface area contributed by atoms with Crippen LogP contribution < -0.4 is 14.9 Å². The van der Waals surface area contributed by atoms with Crippen LogP contribution in [0.15, 0.2) is 71.8 Å². The molecule has 0 aliphatic heterocycles. The molecular weight excluding hydrogens is 376 g/mol. The van der Waals surface area contributed by atoms with Crippen molar-refractivity contribution >= 4 is 23.1 Å². The lowest BCUT2D eigenvalue weighted by Gasteiger charge is -2.09. The minimum absolute atomic E-state index is 0.425. The molecule has 1 heterocycles. The predicted molar refractivity (Wildman–Crippen MR) is 120 cm³/mol. The maximum atomic E-state index is 5.41. The van der Waals surface area contributed by atoms with Crippen molar-refractivity contribution in [3.8, 4) is 22.8 Å². The van der Waals surface area contributed by atoms with Crippen LogP contribution in [-0.4, -0.2) is 30.4 Å². The minimum Gasteiger partial charge on any atom is -0.497 e. The van der Waals surface area contributed by atoms with Gasteiger partial charge in [-0.1, -0.05) is 42.0 Å². The van der Waals surface area contributed by atoms with E-state index in [-0.39, 0.29) is 0 Å². The molecule has 0 amide bonds. The Morgan fingerprint density at radius 2 is 1.73 bits per heavy atom. The zero-order chi connectivity index (χ0) is 20.9. The first-order valence-electron chi connectivity index (χ1n) is 9.53. The quantitative estimate of drug-likeness (QED) is 0.363. The van der Waals surface area contributed by atoms with Crippen LogP contribution in [0.3, 0.4) is 0 Å². The number of benzene rings is 3. The summed E-state index contributed by atoms with van der Waals surface area (Å²) in [6.07, 6.45) is 1.67. The summed E-state index contributed by atoms with van der Waals surface area (Å²) in [7, 11) is 3.23. The number of ether oxygens (including phenoxy) is 2. The van der Waals surface area contributed by atoms with E-state index in [9.17, 15) is 0 Å². The van der Waals surface area contributed by atoms with Gasteiger partial charge in [-0.2, -0.15) is 5.10 Å². The van der Waals surface area contributed by atoms with E-state index in [1.165, 1.54) is 0 Å². The van der Waals surface area contributed by atoms with Crippen LogP contribution in [0.2, 0.25) is 0 Å². The topological polar surface area (TPSA) is 68.6 Å². The number of nitrogens with one attached hydrogen (secondary N) is 1. The Hall–Kier alpha value is -3.93. The number of hydrogen-bond acceptors (Lipinski definition) is 6. The van der Waals surface area contributed by atoms with Crippen LogP contribution in [0.5, 0.6) is 11.5 Å². The van der Waals surface area contributed by atoms with E-state index in [1.807, 2.05) is 60.7 Å². The summed E-state index contributed by atoms with van der Waals surface area (Å²) in [6, 6.07) is 21.8. The Morgan fingerprint density at radius 3 is 2.50 bits per heavy atom. The van der Waals surface area contributed by atoms with Crippen LogP contribution in [0, 0.1) is 6.92 Å². The summed E-state index contributed by atoms with van der Waals surface area (Å²) in [4.78, 5) is 9.34. The SMILES string of the molecule is COc1ccc(C=NNc2nc(-c3ccccc3)c3cc(C)ccc3n2)c(OC)c1. The molecule has 1 aromatic heterocycles. The second-order valence-corrected chi connectivity index (χ2v) is 6.76. The molecule has 0 spiro atoms. The monoisotopic (exact) mass is 398 g/mol. The first kappa shape index (κ1) is 19.4. The van der Waals surface area contributed by atoms with Gasteiger partial charge in [0.05, 0.1) is 31.6 Å². The van der Waals surface area contributed by atoms with E-state index in [2.05, 4.69) is 28.5 Å². The smallest absolute Gasteiger partial charge is 0.244 e. The van der Waals surface area contributed by atoms with Crippen molar-refractivity contribution in [2.24, 2.45) is 5.10 Å². The Labute approximate surface area is 175 Å². The fourth-order valence-electron chi connectivity index (χ4n) is 3.19. The third-order valence-corrected chi connectivity index (χ3v) is 4.71. The van der Waals surface area contributed by atoms with Crippen molar-refractivity contribution < 1.29 is 9.47 Å². The van der Waals surface area contributed by atoms with Crippen molar-refractivity contribution in [1.82, 2.24) is 9.97 Å². The summed E-state index contributed by atoms with van der Waals surface area (Å²) in [5.74, 6) is 1.81. The maximum Gasteiger partial charge on any atom is 0.244 e. The van der Waals surface area contributed by atoms with Gasteiger partial charge in [0, 0.05) is 22.6 Å². The molecule has 0 radical (unpaired) electrons. The summed E-state index contributed by atoms with van der Waals surface area (Å²) in [6.45, 7) is 2.06. The summed E-state index contributed by atoms with van der Waals surface area (Å²) >= 11 is 0. The van der Waals surface area contributed by atoms with Crippen molar-refractivity contribution in [2.45, 2.75) is 6.92 Å². The fourth-order valence-corrected chi connectivity index (χ4v) is 3.19. The van der Waals surface area contributed by atoms with Crippen LogP contribution in [0.4, 0.5) is 5.95 Å². The third kappa shape index (κ3) is 4.07. The zero-order valence-electron chi connectivity index (χ0n) is 17.1. The van der Waals surface area contributed by atoms with E-state index in [1.54, 1.807) is 20.4 Å². The normalized spacial score (nSPS) is 11.0. The van der Waals surface area contributed by atoms with Gasteiger partial charge in [0.15, 0.2) is 0 Å². The predicted octanol–water partition coefficient (Wildman–Crippen LogP) is 5.07. The summed E-state index contributed by atoms with van der Waals surface area (Å²) in [5, 5.41) is 5.32. The second-order valence-electron chi connectivity index (χ2n) is 6.76. The van der Waals surface area contributed by atoms with Gasteiger partial charge in [0.2, 0.25) is 5.95 Å². The molecule has 6 heteroatoms. The molecule has 0 bridgehead atoms. The third-order valence-electron chi connectivity index (χ3n) is 4.71. The largest absolute Gasteiger partial charge is 0.497 e. The zero-order valence-corrected chi connectivity index (χ0v) is 17.1. The number of anilines is 1. The molecule has 0 saturated carbocycles. The number of methoxy groups -OCH3 is 2. The van der Waals surface area contributed by atoms with Gasteiger partial charge in [0.25, 0.3) is 0 Å². The Balaban J connectivity index is 1.68. The molecule has 4 aromatic rings. The van der Waals surface area contributed by atoms with Gasteiger partial charge in [-0.05, 0) is 31.2 Å². The average molecular weight is 398 g/mol. The standard InChI is InChI=1S/C24H22N4O2/c1-16-9-12-21-20(13-16)23(17-7-5-4-6-8-17)27-24(26-21)28-25-15-18-10-11-19(29-2)14-22(18)30-3/h4-15H,1-3H3,(H,26,27,28). The molecule has 0 aliphatic rings. The Morgan fingerprint density at radius 1 is 0.900 bits per heavy atom. The molecule has 4 rings (SSSR count). The molecule has 30 heavy (non-hydrogen) atoms. The highest BCUT2D eigenvalue weighted by Gasteiger charge is 2.10. The van der Waals surface area contributed by atoms with Gasteiger partial charge in [-0.25, -0.2) is 15.4 Å². The lowest BCUT2D eigenvalue weighted by molar-refractivity contribution is 0.394. The first-order chi connectivity index (χ1) is 14.7. The fraction of sp³-hybridized carbons (Fsp3) is 0.125. The van der Waals surface area contributed by atoms with E-state index >= 15 is 0 Å².